The Hall–Kier alpha value is -1.98. The number of nitrogen functional groups attached to an aromatic ring is 1. The molecule has 1 aliphatic heterocycles. The Kier molecular flexibility index (Phi) is 2.80. The molecule has 0 bridgehead atoms. The number of hydrogen-bond donors (Lipinski definition) is 2. The lowest BCUT2D eigenvalue weighted by molar-refractivity contribution is -0.133. The van der Waals surface area contributed by atoms with Crippen molar-refractivity contribution in [1.82, 2.24) is 14.8 Å². The Morgan fingerprint density at radius 1 is 1.50 bits per heavy atom. The maximum atomic E-state index is 12.5. The first-order valence-corrected chi connectivity index (χ1v) is 5.86. The SMILES string of the molecule is Cn1cc(N)cc1C(=O)N1CCNC(=O)C1(C)C. The lowest BCUT2D eigenvalue weighted by Gasteiger charge is -2.41. The molecule has 2 amide bonds. The molecule has 0 aliphatic carbocycles. The van der Waals surface area contributed by atoms with Gasteiger partial charge in [-0.3, -0.25) is 9.59 Å². The average molecular weight is 250 g/mol. The summed E-state index contributed by atoms with van der Waals surface area (Å²) < 4.78 is 1.68. The van der Waals surface area contributed by atoms with Crippen LogP contribution in [-0.4, -0.2) is 39.9 Å². The van der Waals surface area contributed by atoms with E-state index in [1.807, 2.05) is 0 Å². The van der Waals surface area contributed by atoms with E-state index in [1.165, 1.54) is 0 Å². The molecule has 98 valence electrons. The van der Waals surface area contributed by atoms with Crippen LogP contribution in [0.2, 0.25) is 0 Å². The van der Waals surface area contributed by atoms with E-state index in [4.69, 9.17) is 5.73 Å². The normalized spacial score (nSPS) is 18.6. The van der Waals surface area contributed by atoms with E-state index in [0.717, 1.165) is 0 Å². The number of carbonyl (C=O) groups excluding carboxylic acids is 2. The highest BCUT2D eigenvalue weighted by Crippen LogP contribution is 2.21. The van der Waals surface area contributed by atoms with Crippen LogP contribution >= 0.6 is 0 Å². The molecule has 3 N–H and O–H groups in total. The van der Waals surface area contributed by atoms with Gasteiger partial charge in [-0.1, -0.05) is 0 Å². The Balaban J connectivity index is 2.33. The van der Waals surface area contributed by atoms with Crippen LogP contribution in [0.5, 0.6) is 0 Å². The average Bonchev–Trinajstić information content (AvgIpc) is 2.61. The van der Waals surface area contributed by atoms with Crippen molar-refractivity contribution in [3.63, 3.8) is 0 Å². The lowest BCUT2D eigenvalue weighted by atomic mass is 9.98. The van der Waals surface area contributed by atoms with Gasteiger partial charge in [-0.25, -0.2) is 0 Å². The number of aromatic nitrogens is 1. The van der Waals surface area contributed by atoms with Gasteiger partial charge in [-0.2, -0.15) is 0 Å². The molecule has 1 fully saturated rings. The van der Waals surface area contributed by atoms with E-state index >= 15 is 0 Å². The van der Waals surface area contributed by atoms with Crippen LogP contribution in [0.15, 0.2) is 12.3 Å². The van der Waals surface area contributed by atoms with E-state index in [-0.39, 0.29) is 11.8 Å². The van der Waals surface area contributed by atoms with E-state index in [2.05, 4.69) is 5.32 Å². The van der Waals surface area contributed by atoms with Gasteiger partial charge in [0.05, 0.1) is 5.69 Å². The Morgan fingerprint density at radius 2 is 2.17 bits per heavy atom. The second-order valence-electron chi connectivity index (χ2n) is 5.04. The molecule has 1 aromatic rings. The predicted octanol–water partition coefficient (Wildman–Crippen LogP) is -0.0421. The van der Waals surface area contributed by atoms with Crippen molar-refractivity contribution in [2.45, 2.75) is 19.4 Å². The standard InChI is InChI=1S/C12H18N4O2/c1-12(2)11(18)14-4-5-16(12)10(17)9-6-8(13)7-15(9)3/h6-7H,4-5,13H2,1-3H3,(H,14,18). The van der Waals surface area contributed by atoms with Crippen LogP contribution in [0.1, 0.15) is 24.3 Å². The van der Waals surface area contributed by atoms with Crippen LogP contribution in [0.4, 0.5) is 5.69 Å². The van der Waals surface area contributed by atoms with Crippen molar-refractivity contribution in [2.24, 2.45) is 7.05 Å². The number of nitrogens with one attached hydrogen (secondary N) is 1. The number of carbonyl (C=O) groups is 2. The summed E-state index contributed by atoms with van der Waals surface area (Å²) in [6, 6.07) is 1.63. The molecule has 0 unspecified atom stereocenters. The quantitative estimate of drug-likeness (QED) is 0.733. The van der Waals surface area contributed by atoms with Gasteiger partial charge >= 0.3 is 0 Å². The molecule has 0 spiro atoms. The van der Waals surface area contributed by atoms with Gasteiger partial charge in [0.1, 0.15) is 11.2 Å². The summed E-state index contributed by atoms with van der Waals surface area (Å²) in [5.74, 6) is -0.307. The van der Waals surface area contributed by atoms with Crippen molar-refractivity contribution < 1.29 is 9.59 Å². The van der Waals surface area contributed by atoms with Crippen LogP contribution in [0.3, 0.4) is 0 Å². The van der Waals surface area contributed by atoms with Gasteiger partial charge in [-0.15, -0.1) is 0 Å². The molecule has 6 nitrogen and oxygen atoms in total. The van der Waals surface area contributed by atoms with Gasteiger partial charge < -0.3 is 20.5 Å². The number of anilines is 1. The molecule has 0 saturated carbocycles. The second-order valence-corrected chi connectivity index (χ2v) is 5.04. The van der Waals surface area contributed by atoms with E-state index in [9.17, 15) is 9.59 Å². The second kappa shape index (κ2) is 4.04. The third-order valence-electron chi connectivity index (χ3n) is 3.34. The van der Waals surface area contributed by atoms with Crippen molar-refractivity contribution in [3.8, 4) is 0 Å². The van der Waals surface area contributed by atoms with E-state index in [0.29, 0.717) is 24.5 Å². The molecular formula is C12H18N4O2. The molecule has 0 aromatic carbocycles. The molecule has 2 rings (SSSR count). The highest BCUT2D eigenvalue weighted by Gasteiger charge is 2.41. The van der Waals surface area contributed by atoms with Crippen molar-refractivity contribution in [2.75, 3.05) is 18.8 Å². The zero-order valence-corrected chi connectivity index (χ0v) is 10.9. The van der Waals surface area contributed by atoms with Gasteiger partial charge in [0.25, 0.3) is 5.91 Å². The van der Waals surface area contributed by atoms with Crippen LogP contribution < -0.4 is 11.1 Å². The third kappa shape index (κ3) is 1.83. The molecular weight excluding hydrogens is 232 g/mol. The maximum absolute atomic E-state index is 12.5. The van der Waals surface area contributed by atoms with Crippen molar-refractivity contribution in [3.05, 3.63) is 18.0 Å². The number of nitrogens with two attached hydrogens (primary N) is 1. The monoisotopic (exact) mass is 250 g/mol. The zero-order chi connectivity index (χ0) is 13.5. The molecule has 18 heavy (non-hydrogen) atoms. The van der Waals surface area contributed by atoms with Crippen LogP contribution in [0, 0.1) is 0 Å². The number of aryl methyl sites for hydroxylation is 1. The first kappa shape index (κ1) is 12.5. The van der Waals surface area contributed by atoms with Gasteiger partial charge in [0, 0.05) is 26.3 Å². The fourth-order valence-electron chi connectivity index (χ4n) is 2.20. The summed E-state index contributed by atoms with van der Waals surface area (Å²) in [4.78, 5) is 25.9. The fourth-order valence-corrected chi connectivity index (χ4v) is 2.20. The summed E-state index contributed by atoms with van der Waals surface area (Å²) >= 11 is 0. The minimum atomic E-state index is -0.839. The molecule has 6 heteroatoms. The van der Waals surface area contributed by atoms with Crippen molar-refractivity contribution >= 4 is 17.5 Å². The largest absolute Gasteiger partial charge is 0.397 e. The first-order chi connectivity index (χ1) is 8.34. The molecule has 1 aliphatic rings. The summed E-state index contributed by atoms with van der Waals surface area (Å²) in [7, 11) is 1.76. The summed E-state index contributed by atoms with van der Waals surface area (Å²) in [5.41, 5.74) is 5.87. The minimum absolute atomic E-state index is 0.135. The molecule has 1 aromatic heterocycles. The van der Waals surface area contributed by atoms with Crippen molar-refractivity contribution in [1.29, 1.82) is 0 Å². The van der Waals surface area contributed by atoms with Gasteiger partial charge in [0.15, 0.2) is 0 Å². The first-order valence-electron chi connectivity index (χ1n) is 5.86. The molecule has 0 radical (unpaired) electrons. The highest BCUT2D eigenvalue weighted by molar-refractivity contribution is 5.99. The van der Waals surface area contributed by atoms with Crippen LogP contribution in [0.25, 0.3) is 0 Å². The fraction of sp³-hybridized carbons (Fsp3) is 0.500. The molecule has 0 atom stereocenters. The molecule has 2 heterocycles. The number of hydrogen-bond acceptors (Lipinski definition) is 3. The maximum Gasteiger partial charge on any atom is 0.271 e. The van der Waals surface area contributed by atoms with Crippen LogP contribution in [-0.2, 0) is 11.8 Å². The number of amides is 2. The van der Waals surface area contributed by atoms with E-state index < -0.39 is 5.54 Å². The summed E-state index contributed by atoms with van der Waals surface area (Å²) in [5, 5.41) is 2.76. The minimum Gasteiger partial charge on any atom is -0.397 e. The number of nitrogens with zero attached hydrogens (tertiary/aromatic N) is 2. The predicted molar refractivity (Wildman–Crippen MR) is 68.0 cm³/mol. The topological polar surface area (TPSA) is 80.4 Å². The third-order valence-corrected chi connectivity index (χ3v) is 3.34. The summed E-state index contributed by atoms with van der Waals surface area (Å²) in [6.07, 6.45) is 1.68. The highest BCUT2D eigenvalue weighted by atomic mass is 16.2. The van der Waals surface area contributed by atoms with Gasteiger partial charge in [0.2, 0.25) is 5.91 Å². The van der Waals surface area contributed by atoms with Gasteiger partial charge in [-0.05, 0) is 19.9 Å². The summed E-state index contributed by atoms with van der Waals surface area (Å²) in [6.45, 7) is 4.47. The zero-order valence-electron chi connectivity index (χ0n) is 10.9. The Bertz CT molecular complexity index is 504. The molecule has 1 saturated heterocycles. The van der Waals surface area contributed by atoms with E-state index in [1.54, 1.807) is 42.6 Å². The number of piperazine rings is 1. The Labute approximate surface area is 106 Å². The Morgan fingerprint density at radius 3 is 2.72 bits per heavy atom. The lowest BCUT2D eigenvalue weighted by Crippen LogP contribution is -2.63. The number of rotatable bonds is 1. The smallest absolute Gasteiger partial charge is 0.271 e.